The molecular formula is C15H21NO3S. The Balaban J connectivity index is 1.86. The van der Waals surface area contributed by atoms with E-state index in [4.69, 9.17) is 0 Å². The summed E-state index contributed by atoms with van der Waals surface area (Å²) in [6.45, 7) is 1.96. The predicted octanol–water partition coefficient (Wildman–Crippen LogP) is 2.83. The topological polar surface area (TPSA) is 66.4 Å². The van der Waals surface area contributed by atoms with Crippen LogP contribution in [-0.4, -0.2) is 23.0 Å². The highest BCUT2D eigenvalue weighted by Crippen LogP contribution is 2.41. The van der Waals surface area contributed by atoms with E-state index in [1.807, 2.05) is 18.4 Å². The van der Waals surface area contributed by atoms with Crippen molar-refractivity contribution in [3.05, 3.63) is 22.4 Å². The maximum atomic E-state index is 12.1. The molecule has 1 unspecified atom stereocenters. The maximum absolute atomic E-state index is 12.1. The van der Waals surface area contributed by atoms with E-state index in [9.17, 15) is 14.7 Å². The van der Waals surface area contributed by atoms with Crippen LogP contribution in [0.5, 0.6) is 0 Å². The molecule has 0 saturated heterocycles. The Bertz CT molecular complexity index is 463. The molecule has 0 radical (unpaired) electrons. The first-order chi connectivity index (χ1) is 9.52. The first kappa shape index (κ1) is 15.0. The molecule has 1 aliphatic rings. The first-order valence-electron chi connectivity index (χ1n) is 7.06. The van der Waals surface area contributed by atoms with Crippen LogP contribution in [-0.2, 0) is 16.0 Å². The molecule has 1 aromatic heterocycles. The fraction of sp³-hybridized carbons (Fsp3) is 0.600. The van der Waals surface area contributed by atoms with Crippen LogP contribution in [0.3, 0.4) is 0 Å². The van der Waals surface area contributed by atoms with Crippen molar-refractivity contribution in [1.29, 1.82) is 0 Å². The molecular weight excluding hydrogens is 274 g/mol. The van der Waals surface area contributed by atoms with Crippen LogP contribution in [0.4, 0.5) is 0 Å². The van der Waals surface area contributed by atoms with E-state index in [0.717, 1.165) is 19.3 Å². The summed E-state index contributed by atoms with van der Waals surface area (Å²) in [6, 6.07) is 2.08. The van der Waals surface area contributed by atoms with Crippen LogP contribution < -0.4 is 5.32 Å². The third kappa shape index (κ3) is 3.60. The van der Waals surface area contributed by atoms with Crippen molar-refractivity contribution in [3.8, 4) is 0 Å². The fourth-order valence-corrected chi connectivity index (χ4v) is 3.65. The van der Waals surface area contributed by atoms with E-state index < -0.39 is 11.4 Å². The molecule has 0 spiro atoms. The van der Waals surface area contributed by atoms with Gasteiger partial charge in [0.2, 0.25) is 5.91 Å². The third-order valence-corrected chi connectivity index (χ3v) is 4.77. The van der Waals surface area contributed by atoms with Gasteiger partial charge < -0.3 is 10.4 Å². The summed E-state index contributed by atoms with van der Waals surface area (Å²) >= 11 is 1.64. The lowest BCUT2D eigenvalue weighted by Crippen LogP contribution is -2.39. The quantitative estimate of drug-likeness (QED) is 0.848. The number of aliphatic carboxylic acids is 1. The van der Waals surface area contributed by atoms with Gasteiger partial charge in [-0.15, -0.1) is 0 Å². The highest BCUT2D eigenvalue weighted by Gasteiger charge is 2.43. The van der Waals surface area contributed by atoms with Gasteiger partial charge in [-0.1, -0.05) is 12.8 Å². The summed E-state index contributed by atoms with van der Waals surface area (Å²) in [5, 5.41) is 16.4. The van der Waals surface area contributed by atoms with E-state index in [2.05, 4.69) is 10.7 Å². The highest BCUT2D eigenvalue weighted by atomic mass is 32.1. The van der Waals surface area contributed by atoms with Crippen LogP contribution in [0, 0.1) is 5.41 Å². The molecule has 1 heterocycles. The lowest BCUT2D eigenvalue weighted by atomic mass is 9.82. The van der Waals surface area contributed by atoms with Gasteiger partial charge in [0.15, 0.2) is 0 Å². The monoisotopic (exact) mass is 295 g/mol. The molecule has 0 bridgehead atoms. The van der Waals surface area contributed by atoms with Crippen molar-refractivity contribution in [2.45, 2.75) is 51.5 Å². The average molecular weight is 295 g/mol. The average Bonchev–Trinajstić information content (AvgIpc) is 3.00. The van der Waals surface area contributed by atoms with Crippen molar-refractivity contribution < 1.29 is 14.7 Å². The number of thiophene rings is 1. The number of nitrogens with one attached hydrogen (secondary N) is 1. The van der Waals surface area contributed by atoms with E-state index in [1.54, 1.807) is 11.3 Å². The number of carboxylic acid groups (broad SMARTS) is 1. The number of hydrogen-bond acceptors (Lipinski definition) is 3. The molecule has 1 fully saturated rings. The Morgan fingerprint density at radius 3 is 2.70 bits per heavy atom. The van der Waals surface area contributed by atoms with Crippen LogP contribution in [0.15, 0.2) is 16.8 Å². The van der Waals surface area contributed by atoms with Crippen molar-refractivity contribution in [2.75, 3.05) is 0 Å². The molecule has 2 rings (SSSR count). The van der Waals surface area contributed by atoms with Gasteiger partial charge in [0.05, 0.1) is 5.41 Å². The van der Waals surface area contributed by atoms with Gasteiger partial charge in [-0.3, -0.25) is 9.59 Å². The van der Waals surface area contributed by atoms with Gasteiger partial charge in [0.1, 0.15) is 0 Å². The molecule has 4 nitrogen and oxygen atoms in total. The minimum absolute atomic E-state index is 0.0318. The van der Waals surface area contributed by atoms with Gasteiger partial charge in [-0.2, -0.15) is 11.3 Å². The Hall–Kier alpha value is -1.36. The SMILES string of the molecule is CC(Cc1ccsc1)NC(=O)CC1(C(=O)O)CCCC1. The second kappa shape index (κ2) is 6.39. The molecule has 2 N–H and O–H groups in total. The molecule has 110 valence electrons. The van der Waals surface area contributed by atoms with Gasteiger partial charge >= 0.3 is 5.97 Å². The summed E-state index contributed by atoms with van der Waals surface area (Å²) in [5.41, 5.74) is 0.378. The highest BCUT2D eigenvalue weighted by molar-refractivity contribution is 7.07. The molecule has 1 aromatic rings. The largest absolute Gasteiger partial charge is 0.481 e. The zero-order valence-electron chi connectivity index (χ0n) is 11.7. The van der Waals surface area contributed by atoms with Crippen LogP contribution in [0.25, 0.3) is 0 Å². The van der Waals surface area contributed by atoms with Crippen molar-refractivity contribution >= 4 is 23.2 Å². The summed E-state index contributed by atoms with van der Waals surface area (Å²) in [5.74, 6) is -0.965. The first-order valence-corrected chi connectivity index (χ1v) is 8.00. The van der Waals surface area contributed by atoms with Gasteiger partial charge in [0, 0.05) is 12.5 Å². The Morgan fingerprint density at radius 2 is 2.15 bits per heavy atom. The number of rotatable bonds is 6. The number of carbonyl (C=O) groups is 2. The number of carbonyl (C=O) groups excluding carboxylic acids is 1. The minimum atomic E-state index is -0.827. The zero-order chi connectivity index (χ0) is 14.6. The molecule has 1 atom stereocenters. The second-order valence-corrected chi connectivity index (χ2v) is 6.55. The molecule has 1 amide bonds. The summed E-state index contributed by atoms with van der Waals surface area (Å²) in [6.07, 6.45) is 3.95. The Labute approximate surface area is 123 Å². The van der Waals surface area contributed by atoms with Crippen molar-refractivity contribution in [1.82, 2.24) is 5.32 Å². The van der Waals surface area contributed by atoms with Crippen molar-refractivity contribution in [2.24, 2.45) is 5.41 Å². The van der Waals surface area contributed by atoms with E-state index in [1.165, 1.54) is 5.56 Å². The Kier molecular flexibility index (Phi) is 4.81. The number of carboxylic acids is 1. The predicted molar refractivity (Wildman–Crippen MR) is 78.8 cm³/mol. The summed E-state index contributed by atoms with van der Waals surface area (Å²) < 4.78 is 0. The second-order valence-electron chi connectivity index (χ2n) is 5.77. The van der Waals surface area contributed by atoms with Crippen LogP contribution in [0.2, 0.25) is 0 Å². The Morgan fingerprint density at radius 1 is 1.45 bits per heavy atom. The zero-order valence-corrected chi connectivity index (χ0v) is 12.5. The van der Waals surface area contributed by atoms with Gasteiger partial charge in [0.25, 0.3) is 0 Å². The third-order valence-electron chi connectivity index (χ3n) is 4.04. The minimum Gasteiger partial charge on any atom is -0.481 e. The lowest BCUT2D eigenvalue weighted by Gasteiger charge is -2.24. The van der Waals surface area contributed by atoms with Crippen molar-refractivity contribution in [3.63, 3.8) is 0 Å². The fourth-order valence-electron chi connectivity index (χ4n) is 2.96. The maximum Gasteiger partial charge on any atom is 0.310 e. The van der Waals surface area contributed by atoms with E-state index >= 15 is 0 Å². The molecule has 0 aromatic carbocycles. The molecule has 1 aliphatic carbocycles. The summed E-state index contributed by atoms with van der Waals surface area (Å²) in [7, 11) is 0. The van der Waals surface area contributed by atoms with E-state index in [-0.39, 0.29) is 18.4 Å². The molecule has 5 heteroatoms. The van der Waals surface area contributed by atoms with Gasteiger partial charge in [-0.25, -0.2) is 0 Å². The standard InChI is InChI=1S/C15H21NO3S/c1-11(8-12-4-7-20-10-12)16-13(17)9-15(14(18)19)5-2-3-6-15/h4,7,10-11H,2-3,5-6,8-9H2,1H3,(H,16,17)(H,18,19). The van der Waals surface area contributed by atoms with Crippen LogP contribution >= 0.6 is 11.3 Å². The number of amides is 1. The smallest absolute Gasteiger partial charge is 0.310 e. The lowest BCUT2D eigenvalue weighted by molar-refractivity contribution is -0.151. The summed E-state index contributed by atoms with van der Waals surface area (Å²) in [4.78, 5) is 23.5. The molecule has 0 aliphatic heterocycles. The normalized spacial score (nSPS) is 18.6. The van der Waals surface area contributed by atoms with Crippen LogP contribution in [0.1, 0.15) is 44.6 Å². The van der Waals surface area contributed by atoms with Gasteiger partial charge in [-0.05, 0) is 48.6 Å². The van der Waals surface area contributed by atoms with E-state index in [0.29, 0.717) is 12.8 Å². The molecule has 20 heavy (non-hydrogen) atoms. The molecule has 1 saturated carbocycles. The number of hydrogen-bond donors (Lipinski definition) is 2.